The molecule has 3 aromatic rings. The molecule has 0 saturated heterocycles. The van der Waals surface area contributed by atoms with Crippen LogP contribution in [0.15, 0.2) is 77.7 Å². The second kappa shape index (κ2) is 9.32. The van der Waals surface area contributed by atoms with Crippen molar-refractivity contribution in [3.63, 3.8) is 0 Å². The molecule has 3 aromatic carbocycles. The van der Waals surface area contributed by atoms with Crippen LogP contribution in [-0.2, 0) is 16.4 Å². The molecule has 3 rings (SSSR count). The molecule has 0 saturated carbocycles. The lowest BCUT2D eigenvalue weighted by atomic mass is 10.1. The molecular formula is C23H21N3O4S. The first kappa shape index (κ1) is 21.9. The zero-order valence-corrected chi connectivity index (χ0v) is 17.9. The molecule has 0 radical (unpaired) electrons. The fourth-order valence-corrected chi connectivity index (χ4v) is 4.16. The number of ether oxygens (including phenoxy) is 1. The molecule has 7 nitrogen and oxygen atoms in total. The Bertz CT molecular complexity index is 1210. The van der Waals surface area contributed by atoms with Gasteiger partial charge in [-0.1, -0.05) is 24.3 Å². The minimum absolute atomic E-state index is 0.0540. The molecule has 0 aliphatic rings. The zero-order valence-electron chi connectivity index (χ0n) is 17.1. The number of carbonyl (C=O) groups is 1. The molecule has 0 unspecified atom stereocenters. The van der Waals surface area contributed by atoms with Crippen LogP contribution in [0.2, 0.25) is 0 Å². The highest BCUT2D eigenvalue weighted by atomic mass is 32.2. The summed E-state index contributed by atoms with van der Waals surface area (Å²) in [6, 6.07) is 21.6. The number of benzene rings is 3. The first-order valence-corrected chi connectivity index (χ1v) is 10.8. The van der Waals surface area contributed by atoms with Gasteiger partial charge in [0.2, 0.25) is 0 Å². The minimum atomic E-state index is -3.84. The number of rotatable bonds is 7. The van der Waals surface area contributed by atoms with Crippen molar-refractivity contribution in [1.82, 2.24) is 0 Å². The summed E-state index contributed by atoms with van der Waals surface area (Å²) in [6.45, 7) is 0. The van der Waals surface area contributed by atoms with E-state index < -0.39 is 10.0 Å². The van der Waals surface area contributed by atoms with Gasteiger partial charge in [0.05, 0.1) is 30.2 Å². The fraction of sp³-hybridized carbons (Fsp3) is 0.130. The molecule has 1 N–H and O–H groups in total. The molecule has 0 spiro atoms. The van der Waals surface area contributed by atoms with Crippen molar-refractivity contribution in [2.45, 2.75) is 11.3 Å². The van der Waals surface area contributed by atoms with Gasteiger partial charge in [-0.05, 0) is 54.1 Å². The van der Waals surface area contributed by atoms with E-state index >= 15 is 0 Å². The van der Waals surface area contributed by atoms with Gasteiger partial charge in [-0.2, -0.15) is 5.26 Å². The van der Waals surface area contributed by atoms with E-state index in [4.69, 9.17) is 10.00 Å². The lowest BCUT2D eigenvalue weighted by Gasteiger charge is -2.21. The Hall–Kier alpha value is -3.83. The quantitative estimate of drug-likeness (QED) is 0.608. The lowest BCUT2D eigenvalue weighted by Crippen LogP contribution is -2.27. The molecule has 0 bridgehead atoms. The third-order valence-electron chi connectivity index (χ3n) is 4.69. The minimum Gasteiger partial charge on any atom is -0.495 e. The zero-order chi connectivity index (χ0) is 22.4. The fourth-order valence-electron chi connectivity index (χ4n) is 2.96. The van der Waals surface area contributed by atoms with Gasteiger partial charge in [0.15, 0.2) is 0 Å². The predicted octanol–water partition coefficient (Wildman–Crippen LogP) is 3.84. The number of para-hydroxylation sites is 2. The van der Waals surface area contributed by atoms with E-state index in [0.29, 0.717) is 29.1 Å². The van der Waals surface area contributed by atoms with Crippen LogP contribution in [0.4, 0.5) is 11.4 Å². The molecule has 0 atom stereocenters. The highest BCUT2D eigenvalue weighted by molar-refractivity contribution is 7.92. The molecule has 158 valence electrons. The van der Waals surface area contributed by atoms with Crippen molar-refractivity contribution in [2.75, 3.05) is 23.8 Å². The van der Waals surface area contributed by atoms with Crippen molar-refractivity contribution >= 4 is 27.3 Å². The number of hydrogen-bond acceptors (Lipinski definition) is 5. The number of hydrogen-bond donors (Lipinski definition) is 1. The number of sulfonamides is 1. The van der Waals surface area contributed by atoms with E-state index in [1.807, 2.05) is 0 Å². The summed E-state index contributed by atoms with van der Waals surface area (Å²) in [5.41, 5.74) is 2.17. The summed E-state index contributed by atoms with van der Waals surface area (Å²) >= 11 is 0. The Morgan fingerprint density at radius 3 is 2.29 bits per heavy atom. The van der Waals surface area contributed by atoms with Crippen LogP contribution in [0, 0.1) is 11.3 Å². The van der Waals surface area contributed by atoms with E-state index in [1.54, 1.807) is 48.5 Å². The van der Waals surface area contributed by atoms with Crippen LogP contribution in [0.5, 0.6) is 5.75 Å². The van der Waals surface area contributed by atoms with Gasteiger partial charge in [-0.25, -0.2) is 8.42 Å². The third kappa shape index (κ3) is 4.85. The Kier molecular flexibility index (Phi) is 6.58. The highest BCUT2D eigenvalue weighted by Gasteiger charge is 2.24. The third-order valence-corrected chi connectivity index (χ3v) is 6.48. The monoisotopic (exact) mass is 435 g/mol. The average molecular weight is 436 g/mol. The second-order valence-corrected chi connectivity index (χ2v) is 8.62. The molecule has 31 heavy (non-hydrogen) atoms. The maximum absolute atomic E-state index is 13.0. The molecule has 0 aromatic heterocycles. The van der Waals surface area contributed by atoms with Crippen LogP contribution < -0.4 is 14.4 Å². The van der Waals surface area contributed by atoms with Crippen molar-refractivity contribution in [2.24, 2.45) is 0 Å². The molecule has 0 fully saturated rings. The van der Waals surface area contributed by atoms with Gasteiger partial charge < -0.3 is 10.1 Å². The van der Waals surface area contributed by atoms with E-state index in [9.17, 15) is 13.2 Å². The van der Waals surface area contributed by atoms with E-state index in [0.717, 1.165) is 9.87 Å². The van der Waals surface area contributed by atoms with Gasteiger partial charge in [0.25, 0.3) is 15.9 Å². The van der Waals surface area contributed by atoms with Crippen LogP contribution in [0.3, 0.4) is 0 Å². The summed E-state index contributed by atoms with van der Waals surface area (Å²) in [5, 5.41) is 11.5. The highest BCUT2D eigenvalue weighted by Crippen LogP contribution is 2.30. The molecule has 0 heterocycles. The first-order valence-electron chi connectivity index (χ1n) is 9.36. The first-order chi connectivity index (χ1) is 14.9. The number of amides is 1. The number of nitrogens with zero attached hydrogens (tertiary/aromatic N) is 2. The van der Waals surface area contributed by atoms with Crippen molar-refractivity contribution in [1.29, 1.82) is 5.26 Å². The standard InChI is InChI=1S/C23H21N3O4S/c1-26(21-5-3-4-6-22(21)30-2)31(28,29)20-13-9-18(10-14-20)23(27)25-19-11-7-17(8-12-19)15-16-24/h3-14H,15H2,1-2H3,(H,25,27). The SMILES string of the molecule is COc1ccccc1N(C)S(=O)(=O)c1ccc(C(=O)Nc2ccc(CC#N)cc2)cc1. The van der Waals surface area contributed by atoms with Gasteiger partial charge in [-0.15, -0.1) is 0 Å². The van der Waals surface area contributed by atoms with Gasteiger partial charge in [-0.3, -0.25) is 9.10 Å². The van der Waals surface area contributed by atoms with Crippen LogP contribution in [-0.4, -0.2) is 28.5 Å². The normalized spacial score (nSPS) is 10.7. The maximum Gasteiger partial charge on any atom is 0.264 e. The molecule has 0 aliphatic heterocycles. The molecule has 1 amide bonds. The Morgan fingerprint density at radius 2 is 1.68 bits per heavy atom. The number of nitriles is 1. The summed E-state index contributed by atoms with van der Waals surface area (Å²) < 4.78 is 32.4. The number of nitrogens with one attached hydrogen (secondary N) is 1. The topological polar surface area (TPSA) is 99.5 Å². The van der Waals surface area contributed by atoms with Crippen LogP contribution >= 0.6 is 0 Å². The van der Waals surface area contributed by atoms with Gasteiger partial charge in [0, 0.05) is 18.3 Å². The smallest absolute Gasteiger partial charge is 0.264 e. The van der Waals surface area contributed by atoms with E-state index in [1.165, 1.54) is 38.4 Å². The number of carbonyl (C=O) groups excluding carboxylic acids is 1. The molecular weight excluding hydrogens is 414 g/mol. The Morgan fingerprint density at radius 1 is 1.03 bits per heavy atom. The molecule has 8 heteroatoms. The van der Waals surface area contributed by atoms with Gasteiger partial charge in [0.1, 0.15) is 5.75 Å². The van der Waals surface area contributed by atoms with E-state index in [-0.39, 0.29) is 10.8 Å². The predicted molar refractivity (Wildman–Crippen MR) is 119 cm³/mol. The summed E-state index contributed by atoms with van der Waals surface area (Å²) in [4.78, 5) is 12.5. The van der Waals surface area contributed by atoms with Crippen molar-refractivity contribution < 1.29 is 17.9 Å². The van der Waals surface area contributed by atoms with Crippen LogP contribution in [0.25, 0.3) is 0 Å². The molecule has 0 aliphatic carbocycles. The van der Waals surface area contributed by atoms with E-state index in [2.05, 4.69) is 11.4 Å². The van der Waals surface area contributed by atoms with Crippen molar-refractivity contribution in [3.05, 3.63) is 83.9 Å². The largest absolute Gasteiger partial charge is 0.495 e. The number of methoxy groups -OCH3 is 1. The summed E-state index contributed by atoms with van der Waals surface area (Å²) in [5.74, 6) is 0.0698. The van der Waals surface area contributed by atoms with Crippen LogP contribution in [0.1, 0.15) is 15.9 Å². The number of anilines is 2. The lowest BCUT2D eigenvalue weighted by molar-refractivity contribution is 0.102. The van der Waals surface area contributed by atoms with Crippen molar-refractivity contribution in [3.8, 4) is 11.8 Å². The average Bonchev–Trinajstić information content (AvgIpc) is 2.80. The van der Waals surface area contributed by atoms with Gasteiger partial charge >= 0.3 is 0 Å². The second-order valence-electron chi connectivity index (χ2n) is 6.65. The summed E-state index contributed by atoms with van der Waals surface area (Å²) in [6.07, 6.45) is 0.299. The Balaban J connectivity index is 1.77. The maximum atomic E-state index is 13.0. The Labute approximate surface area is 181 Å². The summed E-state index contributed by atoms with van der Waals surface area (Å²) in [7, 11) is -0.917.